The van der Waals surface area contributed by atoms with Crippen molar-refractivity contribution < 1.29 is 0 Å². The van der Waals surface area contributed by atoms with Crippen LogP contribution in [0.4, 0.5) is 0 Å². The highest BCUT2D eigenvalue weighted by atomic mass is 14.8. The minimum atomic E-state index is 0.963. The summed E-state index contributed by atoms with van der Waals surface area (Å²) >= 11 is 0. The number of nitrogens with one attached hydrogen (secondary N) is 2. The van der Waals surface area contributed by atoms with E-state index in [4.69, 9.17) is 4.98 Å². The molecule has 6 bridgehead atoms. The molecule has 3 nitrogen and oxygen atoms in total. The molecular formula is C27H19N3. The summed E-state index contributed by atoms with van der Waals surface area (Å²) < 4.78 is 0. The van der Waals surface area contributed by atoms with E-state index in [1.54, 1.807) is 0 Å². The zero-order chi connectivity index (χ0) is 19.9. The molecule has 3 aromatic heterocycles. The standard InChI is InChI=1S/C27H19N3/c1-3-7-18(8-4-1)26-22-13-11-20(28-22)17-21-12-14-23(29-21)27(19-9-5-2-6-10-19)25-16-15-24(26)30-25/h1-17,28-29H. The Bertz CT molecular complexity index is 1360. The fourth-order valence-electron chi connectivity index (χ4n) is 4.18. The second-order valence-corrected chi connectivity index (χ2v) is 7.50. The first kappa shape index (κ1) is 16.8. The summed E-state index contributed by atoms with van der Waals surface area (Å²) in [6.45, 7) is 0. The van der Waals surface area contributed by atoms with Crippen molar-refractivity contribution in [2.24, 2.45) is 0 Å². The van der Waals surface area contributed by atoms with Crippen molar-refractivity contribution in [3.63, 3.8) is 0 Å². The number of aromatic amines is 2. The number of hydrogen-bond acceptors (Lipinski definition) is 1. The Labute approximate surface area is 174 Å². The average Bonchev–Trinajstić information content (AvgIpc) is 3.54. The molecule has 6 rings (SSSR count). The Kier molecular flexibility index (Phi) is 3.78. The lowest BCUT2D eigenvalue weighted by atomic mass is 10.0. The average molecular weight is 385 g/mol. The van der Waals surface area contributed by atoms with E-state index in [0.29, 0.717) is 0 Å². The number of rotatable bonds is 2. The van der Waals surface area contributed by atoms with Crippen molar-refractivity contribution in [3.05, 3.63) is 102 Å². The topological polar surface area (TPSA) is 44.5 Å². The number of aromatic nitrogens is 3. The highest BCUT2D eigenvalue weighted by Gasteiger charge is 2.14. The summed E-state index contributed by atoms with van der Waals surface area (Å²) in [5.41, 5.74) is 10.7. The molecule has 30 heavy (non-hydrogen) atoms. The molecule has 0 unspecified atom stereocenters. The molecule has 0 saturated heterocycles. The predicted molar refractivity (Wildman–Crippen MR) is 125 cm³/mol. The van der Waals surface area contributed by atoms with E-state index in [2.05, 4.69) is 101 Å². The van der Waals surface area contributed by atoms with Gasteiger partial charge in [0, 0.05) is 33.2 Å². The van der Waals surface area contributed by atoms with Crippen molar-refractivity contribution in [1.29, 1.82) is 0 Å². The summed E-state index contributed by atoms with van der Waals surface area (Å²) in [5, 5.41) is 0. The molecule has 1 aliphatic rings. The summed E-state index contributed by atoms with van der Waals surface area (Å²) in [4.78, 5) is 12.2. The minimum absolute atomic E-state index is 0.963. The quantitative estimate of drug-likeness (QED) is 0.331. The lowest BCUT2D eigenvalue weighted by Crippen LogP contribution is -1.87. The molecule has 142 valence electrons. The second kappa shape index (κ2) is 6.75. The number of fused-ring (bicyclic) bond motifs is 6. The van der Waals surface area contributed by atoms with Crippen LogP contribution in [-0.4, -0.2) is 15.0 Å². The van der Waals surface area contributed by atoms with Crippen molar-refractivity contribution in [1.82, 2.24) is 15.0 Å². The molecular weight excluding hydrogens is 366 g/mol. The Hall–Kier alpha value is -4.11. The van der Waals surface area contributed by atoms with Crippen LogP contribution in [0, 0.1) is 0 Å². The smallest absolute Gasteiger partial charge is 0.0737 e. The zero-order valence-electron chi connectivity index (χ0n) is 16.3. The molecule has 2 aromatic carbocycles. The number of nitrogens with zero attached hydrogens (tertiary/aromatic N) is 1. The van der Waals surface area contributed by atoms with Gasteiger partial charge in [0.2, 0.25) is 0 Å². The van der Waals surface area contributed by atoms with Crippen LogP contribution in [0.2, 0.25) is 0 Å². The molecule has 0 fully saturated rings. The van der Waals surface area contributed by atoms with Crippen LogP contribution in [0.5, 0.6) is 0 Å². The maximum Gasteiger partial charge on any atom is 0.0737 e. The van der Waals surface area contributed by atoms with Crippen LogP contribution in [0.1, 0.15) is 11.4 Å². The van der Waals surface area contributed by atoms with Crippen molar-refractivity contribution in [2.45, 2.75) is 0 Å². The molecule has 0 saturated carbocycles. The number of hydrogen-bond donors (Lipinski definition) is 2. The van der Waals surface area contributed by atoms with Gasteiger partial charge in [0.25, 0.3) is 0 Å². The van der Waals surface area contributed by atoms with Crippen LogP contribution in [0.15, 0.2) is 91.0 Å². The number of H-pyrrole nitrogens is 2. The Morgan fingerprint density at radius 3 is 1.43 bits per heavy atom. The van der Waals surface area contributed by atoms with Crippen molar-refractivity contribution in [2.75, 3.05) is 0 Å². The fraction of sp³-hybridized carbons (Fsp3) is 0. The molecule has 0 atom stereocenters. The summed E-state index contributed by atoms with van der Waals surface area (Å²) in [5.74, 6) is 0. The molecule has 4 heterocycles. The van der Waals surface area contributed by atoms with E-state index < -0.39 is 0 Å². The van der Waals surface area contributed by atoms with Gasteiger partial charge >= 0.3 is 0 Å². The van der Waals surface area contributed by atoms with Gasteiger partial charge in [-0.05, 0) is 53.6 Å². The predicted octanol–water partition coefficient (Wildman–Crippen LogP) is 6.99. The van der Waals surface area contributed by atoms with Crippen LogP contribution < -0.4 is 0 Å². The van der Waals surface area contributed by atoms with Gasteiger partial charge in [-0.15, -0.1) is 0 Å². The maximum absolute atomic E-state index is 5.10. The van der Waals surface area contributed by atoms with Gasteiger partial charge in [0.15, 0.2) is 0 Å². The third-order valence-electron chi connectivity index (χ3n) is 5.54. The van der Waals surface area contributed by atoms with Gasteiger partial charge in [-0.1, -0.05) is 60.7 Å². The van der Waals surface area contributed by atoms with E-state index in [1.165, 1.54) is 0 Å². The molecule has 0 aliphatic carbocycles. The van der Waals surface area contributed by atoms with E-state index in [9.17, 15) is 0 Å². The molecule has 1 aliphatic heterocycles. The van der Waals surface area contributed by atoms with Gasteiger partial charge in [0.05, 0.1) is 11.4 Å². The molecule has 2 N–H and O–H groups in total. The third-order valence-corrected chi connectivity index (χ3v) is 5.54. The monoisotopic (exact) mass is 385 g/mol. The van der Waals surface area contributed by atoms with Gasteiger partial charge in [-0.2, -0.15) is 0 Å². The lowest BCUT2D eigenvalue weighted by Gasteiger charge is -2.05. The zero-order valence-corrected chi connectivity index (χ0v) is 16.3. The van der Waals surface area contributed by atoms with Gasteiger partial charge < -0.3 is 9.97 Å². The number of benzene rings is 2. The summed E-state index contributed by atoms with van der Waals surface area (Å²) in [6, 6.07) is 31.5. The Balaban J connectivity index is 1.79. The van der Waals surface area contributed by atoms with Crippen molar-refractivity contribution in [3.8, 4) is 22.3 Å². The molecule has 3 heteroatoms. The van der Waals surface area contributed by atoms with Crippen LogP contribution >= 0.6 is 0 Å². The highest BCUT2D eigenvalue weighted by molar-refractivity contribution is 5.95. The van der Waals surface area contributed by atoms with Crippen LogP contribution in [0.25, 0.3) is 56.5 Å². The molecule has 0 amide bonds. The van der Waals surface area contributed by atoms with Gasteiger partial charge in [0.1, 0.15) is 0 Å². The lowest BCUT2D eigenvalue weighted by molar-refractivity contribution is 1.32. The van der Waals surface area contributed by atoms with Crippen LogP contribution in [0.3, 0.4) is 0 Å². The summed E-state index contributed by atoms with van der Waals surface area (Å²) in [6.07, 6.45) is 4.24. The van der Waals surface area contributed by atoms with Crippen LogP contribution in [-0.2, 0) is 0 Å². The third kappa shape index (κ3) is 2.80. The van der Waals surface area contributed by atoms with Crippen molar-refractivity contribution >= 4 is 34.2 Å². The first-order chi connectivity index (χ1) is 14.8. The molecule has 0 radical (unpaired) electrons. The SMILES string of the molecule is C1=Cc2nc1c(-c1ccccc1)c1ccc(cc3ccc([nH]3)c2-c2ccccc2)[nH]1. The Morgan fingerprint density at radius 1 is 0.500 bits per heavy atom. The summed E-state index contributed by atoms with van der Waals surface area (Å²) in [7, 11) is 0. The second-order valence-electron chi connectivity index (χ2n) is 7.50. The van der Waals surface area contributed by atoms with E-state index in [0.717, 1.165) is 55.7 Å². The maximum atomic E-state index is 5.10. The van der Waals surface area contributed by atoms with Gasteiger partial charge in [-0.25, -0.2) is 4.98 Å². The Morgan fingerprint density at radius 2 is 0.967 bits per heavy atom. The molecule has 0 spiro atoms. The van der Waals surface area contributed by atoms with E-state index >= 15 is 0 Å². The minimum Gasteiger partial charge on any atom is -0.355 e. The van der Waals surface area contributed by atoms with E-state index in [-0.39, 0.29) is 0 Å². The fourth-order valence-corrected chi connectivity index (χ4v) is 4.18. The van der Waals surface area contributed by atoms with E-state index in [1.807, 2.05) is 12.1 Å². The largest absolute Gasteiger partial charge is 0.355 e. The molecule has 5 aromatic rings. The normalized spacial score (nSPS) is 11.9. The highest BCUT2D eigenvalue weighted by Crippen LogP contribution is 2.34. The van der Waals surface area contributed by atoms with Gasteiger partial charge in [-0.3, -0.25) is 0 Å². The first-order valence-electron chi connectivity index (χ1n) is 10.1. The first-order valence-corrected chi connectivity index (χ1v) is 10.1.